The molecule has 3 N–H and O–H groups in total. The van der Waals surface area contributed by atoms with E-state index in [1.807, 2.05) is 6.92 Å². The molecule has 0 spiro atoms. The fraction of sp³-hybridized carbons (Fsp3) is 0.400. The molecule has 0 aliphatic heterocycles. The summed E-state index contributed by atoms with van der Waals surface area (Å²) in [5, 5.41) is 5.12. The van der Waals surface area contributed by atoms with E-state index in [2.05, 4.69) is 10.6 Å². The lowest BCUT2D eigenvalue weighted by Crippen LogP contribution is -2.96. The molecular formula is C25H29N2O3+. The van der Waals surface area contributed by atoms with Crippen molar-refractivity contribution >= 4 is 23.2 Å². The molecule has 2 aromatic rings. The monoisotopic (exact) mass is 405 g/mol. The number of hydrogen-bond donors (Lipinski definition) is 2. The van der Waals surface area contributed by atoms with Gasteiger partial charge in [-0.15, -0.1) is 0 Å². The van der Waals surface area contributed by atoms with Crippen molar-refractivity contribution in [1.29, 1.82) is 0 Å². The average Bonchev–Trinajstić information content (AvgIpc) is 2.73. The Balaban J connectivity index is 1.46. The first kappa shape index (κ1) is 20.5. The predicted octanol–water partition coefficient (Wildman–Crippen LogP) is 3.47. The molecule has 2 aromatic carbocycles. The highest BCUT2D eigenvalue weighted by Crippen LogP contribution is 2.29. The number of benzene rings is 2. The first-order chi connectivity index (χ1) is 14.5. The molecule has 0 saturated heterocycles. The van der Waals surface area contributed by atoms with Gasteiger partial charge < -0.3 is 10.6 Å². The zero-order valence-electron chi connectivity index (χ0n) is 17.4. The van der Waals surface area contributed by atoms with Gasteiger partial charge in [-0.25, -0.2) is 0 Å². The van der Waals surface area contributed by atoms with Crippen LogP contribution in [0.15, 0.2) is 42.5 Å². The van der Waals surface area contributed by atoms with Crippen molar-refractivity contribution in [2.75, 3.05) is 5.32 Å². The molecule has 0 unspecified atom stereocenters. The highest BCUT2D eigenvalue weighted by atomic mass is 16.2. The number of quaternary nitrogens is 1. The second-order valence-corrected chi connectivity index (χ2v) is 8.54. The van der Waals surface area contributed by atoms with E-state index in [9.17, 15) is 14.4 Å². The minimum absolute atomic E-state index is 0.0769. The van der Waals surface area contributed by atoms with Crippen LogP contribution in [-0.4, -0.2) is 29.6 Å². The zero-order valence-corrected chi connectivity index (χ0v) is 17.4. The topological polar surface area (TPSA) is 79.8 Å². The van der Waals surface area contributed by atoms with Crippen molar-refractivity contribution in [1.82, 2.24) is 0 Å². The molecule has 1 atom stereocenters. The highest BCUT2D eigenvalue weighted by Gasteiger charge is 2.30. The second-order valence-electron chi connectivity index (χ2n) is 8.54. The summed E-state index contributed by atoms with van der Waals surface area (Å²) < 4.78 is 0. The fourth-order valence-corrected chi connectivity index (χ4v) is 4.61. The standard InChI is InChI=1S/C25H28N2O3/c1-16(26-17-9-5-3-2-4-6-10-17)25(30)27-18-13-14-21-22(15-18)24(29)20-12-8-7-11-19(20)23(21)28/h7-8,11-17,26H,2-6,9-10H2,1H3,(H,27,30)/p+1/t16-/m1/s1. The van der Waals surface area contributed by atoms with E-state index < -0.39 is 0 Å². The summed E-state index contributed by atoms with van der Waals surface area (Å²) in [4.78, 5) is 38.4. The maximum Gasteiger partial charge on any atom is 0.282 e. The number of nitrogens with one attached hydrogen (secondary N) is 1. The average molecular weight is 406 g/mol. The van der Waals surface area contributed by atoms with Gasteiger partial charge in [-0.05, 0) is 50.8 Å². The van der Waals surface area contributed by atoms with Crippen LogP contribution in [0, 0.1) is 0 Å². The summed E-state index contributed by atoms with van der Waals surface area (Å²) in [6.45, 7) is 1.93. The Labute approximate surface area is 177 Å². The Hall–Kier alpha value is -2.79. The van der Waals surface area contributed by atoms with Gasteiger partial charge in [-0.3, -0.25) is 14.4 Å². The van der Waals surface area contributed by atoms with Crippen LogP contribution in [0.1, 0.15) is 83.7 Å². The molecule has 2 aliphatic carbocycles. The highest BCUT2D eigenvalue weighted by molar-refractivity contribution is 6.28. The number of anilines is 1. The van der Waals surface area contributed by atoms with Gasteiger partial charge >= 0.3 is 0 Å². The molecule has 1 saturated carbocycles. The van der Waals surface area contributed by atoms with Crippen molar-refractivity contribution < 1.29 is 19.7 Å². The SMILES string of the molecule is C[C@@H]([NH2+]C1CCCCCCC1)C(=O)Nc1ccc2c(c1)C(=O)c1ccccc1C2=O. The fourth-order valence-electron chi connectivity index (χ4n) is 4.61. The van der Waals surface area contributed by atoms with Crippen molar-refractivity contribution in [2.45, 2.75) is 64.0 Å². The number of amides is 1. The quantitative estimate of drug-likeness (QED) is 0.698. The molecule has 156 valence electrons. The van der Waals surface area contributed by atoms with Crippen molar-refractivity contribution in [3.63, 3.8) is 0 Å². The normalized spacial score (nSPS) is 18.0. The van der Waals surface area contributed by atoms with Gasteiger partial charge in [-0.2, -0.15) is 0 Å². The molecule has 2 aliphatic rings. The third-order valence-corrected chi connectivity index (χ3v) is 6.32. The molecule has 4 rings (SSSR count). The van der Waals surface area contributed by atoms with Gasteiger partial charge in [0.05, 0.1) is 6.04 Å². The number of carbonyl (C=O) groups is 3. The molecular weight excluding hydrogens is 376 g/mol. The van der Waals surface area contributed by atoms with Gasteiger partial charge in [0.1, 0.15) is 0 Å². The van der Waals surface area contributed by atoms with Gasteiger partial charge in [0.25, 0.3) is 5.91 Å². The minimum Gasteiger partial charge on any atom is -0.334 e. The summed E-state index contributed by atoms with van der Waals surface area (Å²) in [6, 6.07) is 12.1. The molecule has 0 heterocycles. The molecule has 5 nitrogen and oxygen atoms in total. The van der Waals surface area contributed by atoms with Gasteiger partial charge in [-0.1, -0.05) is 43.5 Å². The van der Waals surface area contributed by atoms with Crippen LogP contribution in [-0.2, 0) is 4.79 Å². The maximum absolute atomic E-state index is 12.9. The summed E-state index contributed by atoms with van der Waals surface area (Å²) in [5.41, 5.74) is 2.16. The Morgan fingerprint density at radius 3 is 2.10 bits per heavy atom. The van der Waals surface area contributed by atoms with E-state index in [1.54, 1.807) is 42.5 Å². The number of carbonyl (C=O) groups excluding carboxylic acids is 3. The van der Waals surface area contributed by atoms with Gasteiger partial charge in [0.2, 0.25) is 0 Å². The van der Waals surface area contributed by atoms with Crippen molar-refractivity contribution in [2.24, 2.45) is 0 Å². The second kappa shape index (κ2) is 8.92. The van der Waals surface area contributed by atoms with Crippen molar-refractivity contribution in [3.8, 4) is 0 Å². The van der Waals surface area contributed by atoms with Gasteiger partial charge in [0.15, 0.2) is 17.6 Å². The number of nitrogens with two attached hydrogens (primary N) is 1. The minimum atomic E-state index is -0.205. The first-order valence-corrected chi connectivity index (χ1v) is 11.0. The molecule has 0 bridgehead atoms. The van der Waals surface area contributed by atoms with E-state index in [-0.39, 0.29) is 23.5 Å². The molecule has 1 amide bonds. The molecule has 5 heteroatoms. The Kier molecular flexibility index (Phi) is 6.09. The first-order valence-electron chi connectivity index (χ1n) is 11.0. The number of fused-ring (bicyclic) bond motifs is 2. The smallest absolute Gasteiger partial charge is 0.282 e. The Morgan fingerprint density at radius 2 is 1.43 bits per heavy atom. The van der Waals surface area contributed by atoms with Crippen LogP contribution in [0.3, 0.4) is 0 Å². The molecule has 30 heavy (non-hydrogen) atoms. The lowest BCUT2D eigenvalue weighted by Gasteiger charge is -2.22. The summed E-state index contributed by atoms with van der Waals surface area (Å²) >= 11 is 0. The van der Waals surface area contributed by atoms with Crippen molar-refractivity contribution in [3.05, 3.63) is 64.7 Å². The van der Waals surface area contributed by atoms with Gasteiger partial charge in [0, 0.05) is 27.9 Å². The maximum atomic E-state index is 12.9. The van der Waals surface area contributed by atoms with Crippen LogP contribution >= 0.6 is 0 Å². The predicted molar refractivity (Wildman–Crippen MR) is 116 cm³/mol. The molecule has 0 aromatic heterocycles. The lowest BCUT2D eigenvalue weighted by atomic mass is 9.84. The summed E-state index contributed by atoms with van der Waals surface area (Å²) in [7, 11) is 0. The van der Waals surface area contributed by atoms with Crippen LogP contribution in [0.5, 0.6) is 0 Å². The Bertz CT molecular complexity index is 974. The third-order valence-electron chi connectivity index (χ3n) is 6.32. The largest absolute Gasteiger partial charge is 0.334 e. The van der Waals surface area contributed by atoms with E-state index in [0.717, 1.165) is 12.8 Å². The van der Waals surface area contributed by atoms with E-state index in [4.69, 9.17) is 0 Å². The number of ketones is 2. The third kappa shape index (κ3) is 4.21. The van der Waals surface area contributed by atoms with E-state index >= 15 is 0 Å². The van der Waals surface area contributed by atoms with Crippen LogP contribution < -0.4 is 10.6 Å². The van der Waals surface area contributed by atoms with Crippen LogP contribution in [0.25, 0.3) is 0 Å². The number of rotatable bonds is 4. The number of hydrogen-bond acceptors (Lipinski definition) is 3. The Morgan fingerprint density at radius 1 is 0.867 bits per heavy atom. The van der Waals surface area contributed by atoms with Crippen LogP contribution in [0.2, 0.25) is 0 Å². The molecule has 0 radical (unpaired) electrons. The van der Waals surface area contributed by atoms with E-state index in [0.29, 0.717) is 34.0 Å². The van der Waals surface area contributed by atoms with E-state index in [1.165, 1.54) is 32.1 Å². The van der Waals surface area contributed by atoms with Crippen LogP contribution in [0.4, 0.5) is 5.69 Å². The lowest BCUT2D eigenvalue weighted by molar-refractivity contribution is -0.707. The molecule has 1 fully saturated rings. The zero-order chi connectivity index (χ0) is 21.1. The summed E-state index contributed by atoms with van der Waals surface area (Å²) in [6.07, 6.45) is 8.69. The summed E-state index contributed by atoms with van der Waals surface area (Å²) in [5.74, 6) is -0.401.